The standard InChI is InChI=1S/C21H16N4O3/c26-18-8-7-17(20(27)24-18)25-10-13-9-12(5-6-14(13)21(25)28)19-15-3-1-2-4-16(15)22-11-23-19/h1-6,9,11,17H,7-8,10H2,(H,24,26,27). The zero-order valence-electron chi connectivity index (χ0n) is 14.9. The highest BCUT2D eigenvalue weighted by molar-refractivity contribution is 6.05. The van der Waals surface area contributed by atoms with E-state index in [0.29, 0.717) is 18.5 Å². The minimum atomic E-state index is -0.610. The number of nitrogens with zero attached hydrogens (tertiary/aromatic N) is 3. The van der Waals surface area contributed by atoms with Crippen LogP contribution in [0.25, 0.3) is 22.2 Å². The van der Waals surface area contributed by atoms with Crippen LogP contribution in [-0.2, 0) is 16.1 Å². The molecule has 3 aromatic rings. The number of piperidine rings is 1. The van der Waals surface area contributed by atoms with Crippen molar-refractivity contribution in [2.75, 3.05) is 0 Å². The summed E-state index contributed by atoms with van der Waals surface area (Å²) >= 11 is 0. The predicted molar refractivity (Wildman–Crippen MR) is 101 cm³/mol. The first kappa shape index (κ1) is 16.6. The number of carbonyl (C=O) groups excluding carboxylic acids is 3. The summed E-state index contributed by atoms with van der Waals surface area (Å²) in [5, 5.41) is 3.26. The number of benzene rings is 2. The van der Waals surface area contributed by atoms with E-state index in [9.17, 15) is 14.4 Å². The van der Waals surface area contributed by atoms with Crippen molar-refractivity contribution in [2.45, 2.75) is 25.4 Å². The van der Waals surface area contributed by atoms with E-state index in [2.05, 4.69) is 15.3 Å². The quantitative estimate of drug-likeness (QED) is 0.695. The lowest BCUT2D eigenvalue weighted by Gasteiger charge is -2.29. The Morgan fingerprint density at radius 1 is 1.04 bits per heavy atom. The minimum Gasteiger partial charge on any atom is -0.322 e. The van der Waals surface area contributed by atoms with Gasteiger partial charge in [0.2, 0.25) is 11.8 Å². The van der Waals surface area contributed by atoms with Gasteiger partial charge in [-0.15, -0.1) is 0 Å². The molecule has 0 bridgehead atoms. The van der Waals surface area contributed by atoms with Crippen molar-refractivity contribution >= 4 is 28.6 Å². The first-order valence-electron chi connectivity index (χ1n) is 9.09. The smallest absolute Gasteiger partial charge is 0.255 e. The maximum Gasteiger partial charge on any atom is 0.255 e. The van der Waals surface area contributed by atoms with E-state index in [1.165, 1.54) is 6.33 Å². The molecule has 1 unspecified atom stereocenters. The molecule has 1 N–H and O–H groups in total. The van der Waals surface area contributed by atoms with Gasteiger partial charge in [-0.25, -0.2) is 9.97 Å². The molecule has 3 heterocycles. The Morgan fingerprint density at radius 3 is 2.75 bits per heavy atom. The van der Waals surface area contributed by atoms with Crippen LogP contribution >= 0.6 is 0 Å². The third-order valence-corrected chi connectivity index (χ3v) is 5.34. The van der Waals surface area contributed by atoms with E-state index in [1.54, 1.807) is 11.0 Å². The molecule has 138 valence electrons. The van der Waals surface area contributed by atoms with Crippen LogP contribution in [0.3, 0.4) is 0 Å². The van der Waals surface area contributed by atoms with Crippen LogP contribution in [0.15, 0.2) is 48.8 Å². The fraction of sp³-hybridized carbons (Fsp3) is 0.190. The molecule has 1 atom stereocenters. The molecule has 7 nitrogen and oxygen atoms in total. The SMILES string of the molecule is O=C1CCC(N2Cc3cc(-c4ncnc5ccccc45)ccc3C2=O)C(=O)N1. The lowest BCUT2D eigenvalue weighted by atomic mass is 10.0. The fourth-order valence-electron chi connectivity index (χ4n) is 3.96. The van der Waals surface area contributed by atoms with Crippen molar-refractivity contribution in [3.8, 4) is 11.3 Å². The largest absolute Gasteiger partial charge is 0.322 e. The molecular weight excluding hydrogens is 356 g/mol. The predicted octanol–water partition coefficient (Wildman–Crippen LogP) is 2.06. The highest BCUT2D eigenvalue weighted by atomic mass is 16.2. The van der Waals surface area contributed by atoms with E-state index in [4.69, 9.17) is 0 Å². The second kappa shape index (κ2) is 6.23. The van der Waals surface area contributed by atoms with Gasteiger partial charge < -0.3 is 4.90 Å². The molecule has 0 radical (unpaired) electrons. The Bertz CT molecular complexity index is 1150. The van der Waals surface area contributed by atoms with Crippen molar-refractivity contribution in [1.82, 2.24) is 20.2 Å². The molecule has 1 fully saturated rings. The van der Waals surface area contributed by atoms with Gasteiger partial charge in [0.25, 0.3) is 5.91 Å². The molecule has 0 spiro atoms. The lowest BCUT2D eigenvalue weighted by molar-refractivity contribution is -0.136. The number of nitrogens with one attached hydrogen (secondary N) is 1. The maximum atomic E-state index is 12.8. The van der Waals surface area contributed by atoms with Crippen molar-refractivity contribution in [1.29, 1.82) is 0 Å². The Labute approximate surface area is 160 Å². The van der Waals surface area contributed by atoms with Crippen molar-refractivity contribution in [2.24, 2.45) is 0 Å². The summed E-state index contributed by atoms with van der Waals surface area (Å²) in [4.78, 5) is 46.7. The monoisotopic (exact) mass is 372 g/mol. The summed E-state index contributed by atoms with van der Waals surface area (Å²) in [6, 6.07) is 12.8. The molecule has 1 saturated heterocycles. The summed E-state index contributed by atoms with van der Waals surface area (Å²) in [5.41, 5.74) is 4.01. The third-order valence-electron chi connectivity index (χ3n) is 5.34. The Hall–Kier alpha value is -3.61. The Morgan fingerprint density at radius 2 is 1.89 bits per heavy atom. The van der Waals surface area contributed by atoms with Gasteiger partial charge in [0.15, 0.2) is 0 Å². The van der Waals surface area contributed by atoms with Crippen LogP contribution in [0.2, 0.25) is 0 Å². The number of aromatic nitrogens is 2. The highest BCUT2D eigenvalue weighted by Gasteiger charge is 2.39. The van der Waals surface area contributed by atoms with Crippen molar-refractivity contribution in [3.63, 3.8) is 0 Å². The molecular formula is C21H16N4O3. The van der Waals surface area contributed by atoms with E-state index < -0.39 is 11.9 Å². The van der Waals surface area contributed by atoms with Gasteiger partial charge in [-0.3, -0.25) is 19.7 Å². The lowest BCUT2D eigenvalue weighted by Crippen LogP contribution is -2.52. The first-order chi connectivity index (χ1) is 13.6. The van der Waals surface area contributed by atoms with E-state index in [-0.39, 0.29) is 18.2 Å². The summed E-state index contributed by atoms with van der Waals surface area (Å²) in [7, 11) is 0. The third kappa shape index (κ3) is 2.55. The number of para-hydroxylation sites is 1. The van der Waals surface area contributed by atoms with Crippen molar-refractivity contribution in [3.05, 3.63) is 59.9 Å². The Balaban J connectivity index is 1.51. The maximum absolute atomic E-state index is 12.8. The van der Waals surface area contributed by atoms with E-state index in [0.717, 1.165) is 27.7 Å². The highest BCUT2D eigenvalue weighted by Crippen LogP contribution is 2.32. The first-order valence-corrected chi connectivity index (χ1v) is 9.09. The number of fused-ring (bicyclic) bond motifs is 2. The minimum absolute atomic E-state index is 0.177. The van der Waals surface area contributed by atoms with Gasteiger partial charge in [0, 0.05) is 29.5 Å². The van der Waals surface area contributed by atoms with Crippen LogP contribution in [0.1, 0.15) is 28.8 Å². The van der Waals surface area contributed by atoms with Crippen LogP contribution in [0.5, 0.6) is 0 Å². The van der Waals surface area contributed by atoms with Gasteiger partial charge >= 0.3 is 0 Å². The summed E-state index contributed by atoms with van der Waals surface area (Å²) in [6.07, 6.45) is 2.13. The van der Waals surface area contributed by atoms with Gasteiger partial charge in [-0.1, -0.05) is 24.3 Å². The number of rotatable bonds is 2. The summed E-state index contributed by atoms with van der Waals surface area (Å²) < 4.78 is 0. The van der Waals surface area contributed by atoms with Crippen LogP contribution in [0, 0.1) is 0 Å². The van der Waals surface area contributed by atoms with Crippen LogP contribution in [-0.4, -0.2) is 38.6 Å². The number of hydrogen-bond donors (Lipinski definition) is 1. The fourth-order valence-corrected chi connectivity index (χ4v) is 3.96. The van der Waals surface area contributed by atoms with Crippen molar-refractivity contribution < 1.29 is 14.4 Å². The van der Waals surface area contributed by atoms with Crippen LogP contribution < -0.4 is 5.32 Å². The zero-order chi connectivity index (χ0) is 19.3. The van der Waals surface area contributed by atoms with Gasteiger partial charge in [-0.05, 0) is 30.2 Å². The Kier molecular flexibility index (Phi) is 3.68. The van der Waals surface area contributed by atoms with E-state index in [1.807, 2.05) is 36.4 Å². The normalized spacial score (nSPS) is 19.1. The number of carbonyl (C=O) groups is 3. The molecule has 2 aromatic carbocycles. The average Bonchev–Trinajstić information content (AvgIpc) is 3.03. The molecule has 2 aliphatic rings. The molecule has 7 heteroatoms. The molecule has 0 saturated carbocycles. The van der Waals surface area contributed by atoms with Crippen LogP contribution in [0.4, 0.5) is 0 Å². The van der Waals surface area contributed by atoms with Gasteiger partial charge in [0.05, 0.1) is 11.2 Å². The van der Waals surface area contributed by atoms with Gasteiger partial charge in [-0.2, -0.15) is 0 Å². The van der Waals surface area contributed by atoms with E-state index >= 15 is 0 Å². The molecule has 3 amide bonds. The molecule has 28 heavy (non-hydrogen) atoms. The second-order valence-electron chi connectivity index (χ2n) is 7.01. The average molecular weight is 372 g/mol. The number of imide groups is 1. The molecule has 5 rings (SSSR count). The summed E-state index contributed by atoms with van der Waals surface area (Å²) in [5.74, 6) is -0.869. The molecule has 1 aromatic heterocycles. The zero-order valence-corrected chi connectivity index (χ0v) is 14.9. The number of hydrogen-bond acceptors (Lipinski definition) is 5. The van der Waals surface area contributed by atoms with Gasteiger partial charge in [0.1, 0.15) is 12.4 Å². The summed E-state index contributed by atoms with van der Waals surface area (Å²) in [6.45, 7) is 0.345. The topological polar surface area (TPSA) is 92.3 Å². The molecule has 2 aliphatic heterocycles. The second-order valence-corrected chi connectivity index (χ2v) is 7.01. The number of amides is 3. The molecule has 0 aliphatic carbocycles.